The lowest BCUT2D eigenvalue weighted by molar-refractivity contribution is -0.146. The predicted molar refractivity (Wildman–Crippen MR) is 119 cm³/mol. The maximum atomic E-state index is 11.8. The second kappa shape index (κ2) is 14.0. The van der Waals surface area contributed by atoms with E-state index < -0.39 is 11.9 Å². The van der Waals surface area contributed by atoms with Crippen LogP contribution >= 0.6 is 11.6 Å². The average Bonchev–Trinajstić information content (AvgIpc) is 2.76. The maximum Gasteiger partial charge on any atom is 0.328 e. The van der Waals surface area contributed by atoms with Gasteiger partial charge in [-0.05, 0) is 30.3 Å². The highest BCUT2D eigenvalue weighted by Gasteiger charge is 2.09. The Bertz CT molecular complexity index is 875. The normalized spacial score (nSPS) is 10.5. The number of carboxylic acid groups (broad SMARTS) is 2. The summed E-state index contributed by atoms with van der Waals surface area (Å²) in [5.41, 5.74) is 3.02. The van der Waals surface area contributed by atoms with Crippen LogP contribution in [0.15, 0.2) is 60.7 Å². The summed E-state index contributed by atoms with van der Waals surface area (Å²) >= 11 is 6.20. The van der Waals surface area contributed by atoms with E-state index in [1.54, 1.807) is 0 Å². The molecule has 0 fully saturated rings. The number of carbonyl (C=O) groups excluding carboxylic acids is 1. The van der Waals surface area contributed by atoms with Gasteiger partial charge in [0.15, 0.2) is 0 Å². The first-order valence-electron chi connectivity index (χ1n) is 9.62. The zero-order valence-electron chi connectivity index (χ0n) is 17.5. The minimum absolute atomic E-state index is 0.191. The van der Waals surface area contributed by atoms with Crippen LogP contribution in [0.3, 0.4) is 0 Å². The third-order valence-corrected chi connectivity index (χ3v) is 4.48. The Labute approximate surface area is 186 Å². The van der Waals surface area contributed by atoms with E-state index in [1.807, 2.05) is 67.3 Å². The first kappa shape index (κ1) is 25.9. The van der Waals surface area contributed by atoms with Gasteiger partial charge in [-0.15, -0.1) is 0 Å². The Balaban J connectivity index is 0.000000512. The van der Waals surface area contributed by atoms with Gasteiger partial charge in [0.05, 0.1) is 6.54 Å². The third kappa shape index (κ3) is 10.4. The molecule has 0 aliphatic rings. The van der Waals surface area contributed by atoms with Crippen LogP contribution in [0.2, 0.25) is 5.02 Å². The molecule has 0 spiro atoms. The number of aliphatic carboxylic acids is 2. The van der Waals surface area contributed by atoms with E-state index in [2.05, 4.69) is 0 Å². The van der Waals surface area contributed by atoms with Crippen LogP contribution in [0.25, 0.3) is 11.1 Å². The van der Waals surface area contributed by atoms with E-state index in [0.717, 1.165) is 34.8 Å². The number of carbonyl (C=O) groups is 3. The summed E-state index contributed by atoms with van der Waals surface area (Å²) < 4.78 is 5.32. The molecule has 166 valence electrons. The minimum atomic E-state index is -1.26. The second-order valence-corrected chi connectivity index (χ2v) is 6.72. The van der Waals surface area contributed by atoms with Crippen molar-refractivity contribution >= 4 is 29.5 Å². The molecule has 2 rings (SSSR count). The summed E-state index contributed by atoms with van der Waals surface area (Å²) in [6.07, 6.45) is 1.12. The molecule has 0 saturated heterocycles. The van der Waals surface area contributed by atoms with Gasteiger partial charge in [0.1, 0.15) is 6.61 Å². The van der Waals surface area contributed by atoms with Crippen molar-refractivity contribution in [2.45, 2.75) is 20.5 Å². The Kier molecular flexibility index (Phi) is 11.6. The van der Waals surface area contributed by atoms with Crippen LogP contribution in [-0.2, 0) is 25.7 Å². The largest absolute Gasteiger partial charge is 0.478 e. The number of rotatable bonds is 9. The number of likely N-dealkylation sites (N-methyl/N-ethyl adjacent to an activating group) is 1. The zero-order valence-corrected chi connectivity index (χ0v) is 18.2. The molecule has 2 aromatic rings. The van der Waals surface area contributed by atoms with Gasteiger partial charge in [-0.2, -0.15) is 0 Å². The number of esters is 1. The van der Waals surface area contributed by atoms with Crippen molar-refractivity contribution in [1.29, 1.82) is 0 Å². The molecular formula is C23H26ClNO6. The van der Waals surface area contributed by atoms with Gasteiger partial charge < -0.3 is 14.9 Å². The monoisotopic (exact) mass is 447 g/mol. The fraction of sp³-hybridized carbons (Fsp3) is 0.261. The molecule has 0 aliphatic carbocycles. The minimum Gasteiger partial charge on any atom is -0.478 e. The molecule has 0 unspecified atom stereocenters. The second-order valence-electron chi connectivity index (χ2n) is 6.31. The van der Waals surface area contributed by atoms with Gasteiger partial charge in [0.2, 0.25) is 0 Å². The van der Waals surface area contributed by atoms with Crippen molar-refractivity contribution in [3.8, 4) is 11.1 Å². The van der Waals surface area contributed by atoms with Gasteiger partial charge >= 0.3 is 17.9 Å². The number of hydrogen-bond donors (Lipinski definition) is 2. The highest BCUT2D eigenvalue weighted by atomic mass is 35.5. The molecule has 2 aromatic carbocycles. The molecule has 0 atom stereocenters. The number of ether oxygens (including phenoxy) is 1. The highest BCUT2D eigenvalue weighted by molar-refractivity contribution is 6.33. The lowest BCUT2D eigenvalue weighted by atomic mass is 10.0. The first-order valence-corrected chi connectivity index (χ1v) is 10.00. The Hall–Kier alpha value is -3.16. The van der Waals surface area contributed by atoms with Crippen molar-refractivity contribution in [3.05, 3.63) is 71.3 Å². The Morgan fingerprint density at radius 3 is 1.97 bits per heavy atom. The number of nitrogens with zero attached hydrogens (tertiary/aromatic N) is 1. The average molecular weight is 448 g/mol. The van der Waals surface area contributed by atoms with Crippen LogP contribution < -0.4 is 0 Å². The molecular weight excluding hydrogens is 422 g/mol. The third-order valence-electron chi connectivity index (χ3n) is 4.15. The van der Waals surface area contributed by atoms with E-state index in [-0.39, 0.29) is 5.97 Å². The summed E-state index contributed by atoms with van der Waals surface area (Å²) in [5.74, 6) is -2.70. The molecule has 0 aliphatic heterocycles. The number of benzene rings is 2. The zero-order chi connectivity index (χ0) is 23.2. The molecule has 0 radical (unpaired) electrons. The van der Waals surface area contributed by atoms with Crippen LogP contribution in [0.4, 0.5) is 0 Å². The molecule has 2 N–H and O–H groups in total. The Morgan fingerprint density at radius 1 is 0.935 bits per heavy atom. The van der Waals surface area contributed by atoms with Crippen LogP contribution in [0, 0.1) is 0 Å². The smallest absolute Gasteiger partial charge is 0.328 e. The van der Waals surface area contributed by atoms with Gasteiger partial charge in [-0.1, -0.05) is 67.9 Å². The standard InChI is InChI=1S/C19H22ClNO2.C4H4O4/c1-3-21(4-2)13-19(22)23-14-15-9-11-16(12-10-15)17-7-5-6-8-18(17)20;5-3(6)1-2-4(7)8/h5-12H,3-4,13-14H2,1-2H3;1-2H,(H,5,6)(H,7,8). The van der Waals surface area contributed by atoms with Crippen LogP contribution in [0.1, 0.15) is 19.4 Å². The maximum absolute atomic E-state index is 11.8. The van der Waals surface area contributed by atoms with E-state index in [0.29, 0.717) is 25.3 Å². The van der Waals surface area contributed by atoms with Gasteiger partial charge in [-0.3, -0.25) is 9.69 Å². The first-order chi connectivity index (χ1) is 14.8. The number of carboxylic acids is 2. The summed E-state index contributed by atoms with van der Waals surface area (Å²) in [7, 11) is 0. The van der Waals surface area contributed by atoms with Crippen LogP contribution in [-0.4, -0.2) is 52.7 Å². The molecule has 0 amide bonds. The SMILES string of the molecule is CCN(CC)CC(=O)OCc1ccc(-c2ccccc2Cl)cc1.O=C(O)C=CC(=O)O. The van der Waals surface area contributed by atoms with Crippen molar-refractivity contribution in [1.82, 2.24) is 4.90 Å². The topological polar surface area (TPSA) is 104 Å². The summed E-state index contributed by atoms with van der Waals surface area (Å²) in [6, 6.07) is 15.6. The quantitative estimate of drug-likeness (QED) is 0.440. The lowest BCUT2D eigenvalue weighted by Gasteiger charge is -2.16. The van der Waals surface area contributed by atoms with Gasteiger partial charge in [0, 0.05) is 22.7 Å². The lowest BCUT2D eigenvalue weighted by Crippen LogP contribution is -2.30. The van der Waals surface area contributed by atoms with E-state index >= 15 is 0 Å². The van der Waals surface area contributed by atoms with Gasteiger partial charge in [0.25, 0.3) is 0 Å². The summed E-state index contributed by atoms with van der Waals surface area (Å²) in [6.45, 7) is 6.39. The molecule has 8 heteroatoms. The molecule has 0 heterocycles. The van der Waals surface area contributed by atoms with Crippen molar-refractivity contribution in [2.24, 2.45) is 0 Å². The van der Waals surface area contributed by atoms with Gasteiger partial charge in [-0.25, -0.2) is 9.59 Å². The van der Waals surface area contributed by atoms with E-state index in [1.165, 1.54) is 0 Å². The fourth-order valence-corrected chi connectivity index (χ4v) is 2.70. The van der Waals surface area contributed by atoms with E-state index in [4.69, 9.17) is 26.6 Å². The molecule has 7 nitrogen and oxygen atoms in total. The predicted octanol–water partition coefficient (Wildman–Crippen LogP) is 4.10. The summed E-state index contributed by atoms with van der Waals surface area (Å²) in [4.78, 5) is 32.9. The molecule has 0 bridgehead atoms. The van der Waals surface area contributed by atoms with E-state index in [9.17, 15) is 14.4 Å². The Morgan fingerprint density at radius 2 is 1.48 bits per heavy atom. The number of halogens is 1. The fourth-order valence-electron chi connectivity index (χ4n) is 2.46. The van der Waals surface area contributed by atoms with Crippen LogP contribution in [0.5, 0.6) is 0 Å². The molecule has 31 heavy (non-hydrogen) atoms. The summed E-state index contributed by atoms with van der Waals surface area (Å²) in [5, 5.41) is 16.4. The molecule has 0 saturated carbocycles. The van der Waals surface area contributed by atoms with Crippen molar-refractivity contribution in [3.63, 3.8) is 0 Å². The van der Waals surface area contributed by atoms with Crippen molar-refractivity contribution in [2.75, 3.05) is 19.6 Å². The highest BCUT2D eigenvalue weighted by Crippen LogP contribution is 2.27. The van der Waals surface area contributed by atoms with Crippen molar-refractivity contribution < 1.29 is 29.3 Å². The molecule has 0 aromatic heterocycles. The number of hydrogen-bond acceptors (Lipinski definition) is 5.